The number of ether oxygens (including phenoxy) is 1. The fourth-order valence-electron chi connectivity index (χ4n) is 1.54. The number of nitrogens with two attached hydrogens (primary N) is 1. The summed E-state index contributed by atoms with van der Waals surface area (Å²) in [5.74, 6) is 0.116. The molecule has 0 aliphatic heterocycles. The second kappa shape index (κ2) is 4.18. The van der Waals surface area contributed by atoms with Gasteiger partial charge in [0.2, 0.25) is 5.88 Å². The number of nitrogen functional groups attached to an aromatic ring is 1. The molecule has 16 heavy (non-hydrogen) atoms. The molecule has 3 nitrogen and oxygen atoms in total. The SMILES string of the molecule is COc1ncccc1-c1ccc(F)cc1N. The zero-order valence-electron chi connectivity index (χ0n) is 8.77. The van der Waals surface area contributed by atoms with Gasteiger partial charge in [0.25, 0.3) is 0 Å². The van der Waals surface area contributed by atoms with Crippen molar-refractivity contribution in [2.45, 2.75) is 0 Å². The molecule has 0 aliphatic rings. The van der Waals surface area contributed by atoms with Crippen LogP contribution in [0.25, 0.3) is 11.1 Å². The molecule has 0 saturated carbocycles. The summed E-state index contributed by atoms with van der Waals surface area (Å²) in [5.41, 5.74) is 7.59. The van der Waals surface area contributed by atoms with Crippen LogP contribution in [0.2, 0.25) is 0 Å². The third kappa shape index (κ3) is 1.82. The van der Waals surface area contributed by atoms with Gasteiger partial charge in [-0.05, 0) is 30.3 Å². The quantitative estimate of drug-likeness (QED) is 0.788. The number of hydrogen-bond donors (Lipinski definition) is 1. The van der Waals surface area contributed by atoms with Crippen molar-refractivity contribution in [1.29, 1.82) is 0 Å². The number of anilines is 1. The zero-order valence-corrected chi connectivity index (χ0v) is 8.77. The second-order valence-electron chi connectivity index (χ2n) is 3.29. The lowest BCUT2D eigenvalue weighted by molar-refractivity contribution is 0.399. The number of rotatable bonds is 2. The van der Waals surface area contributed by atoms with Crippen molar-refractivity contribution < 1.29 is 9.13 Å². The fraction of sp³-hybridized carbons (Fsp3) is 0.0833. The molecule has 82 valence electrons. The molecule has 0 amide bonds. The Bertz CT molecular complexity index is 514. The molecule has 4 heteroatoms. The molecule has 2 rings (SSSR count). The highest BCUT2D eigenvalue weighted by Crippen LogP contribution is 2.32. The Hall–Kier alpha value is -2.10. The van der Waals surface area contributed by atoms with E-state index in [-0.39, 0.29) is 5.82 Å². The molecule has 0 aliphatic carbocycles. The molecule has 0 spiro atoms. The Balaban J connectivity index is 2.58. The van der Waals surface area contributed by atoms with Gasteiger partial charge < -0.3 is 10.5 Å². The summed E-state index contributed by atoms with van der Waals surface area (Å²) >= 11 is 0. The van der Waals surface area contributed by atoms with E-state index in [9.17, 15) is 4.39 Å². The first-order chi connectivity index (χ1) is 7.72. The maximum Gasteiger partial charge on any atom is 0.221 e. The van der Waals surface area contributed by atoms with Crippen LogP contribution in [0, 0.1) is 5.82 Å². The minimum atomic E-state index is -0.357. The molecular formula is C12H11FN2O. The Labute approximate surface area is 92.7 Å². The smallest absolute Gasteiger partial charge is 0.221 e. The van der Waals surface area contributed by atoms with Gasteiger partial charge in [-0.1, -0.05) is 0 Å². The van der Waals surface area contributed by atoms with E-state index in [1.165, 1.54) is 19.2 Å². The van der Waals surface area contributed by atoms with Gasteiger partial charge in [-0.2, -0.15) is 0 Å². The second-order valence-corrected chi connectivity index (χ2v) is 3.29. The van der Waals surface area contributed by atoms with Crippen LogP contribution in [0.15, 0.2) is 36.5 Å². The van der Waals surface area contributed by atoms with Crippen molar-refractivity contribution >= 4 is 5.69 Å². The Morgan fingerprint density at radius 1 is 1.25 bits per heavy atom. The van der Waals surface area contributed by atoms with E-state index in [4.69, 9.17) is 10.5 Å². The van der Waals surface area contributed by atoms with E-state index in [1.54, 1.807) is 18.3 Å². The van der Waals surface area contributed by atoms with E-state index >= 15 is 0 Å². The summed E-state index contributed by atoms with van der Waals surface area (Å²) in [6.07, 6.45) is 1.63. The molecule has 1 aromatic carbocycles. The topological polar surface area (TPSA) is 48.1 Å². The first-order valence-corrected chi connectivity index (χ1v) is 4.77. The highest BCUT2D eigenvalue weighted by atomic mass is 19.1. The van der Waals surface area contributed by atoms with Crippen molar-refractivity contribution in [3.05, 3.63) is 42.3 Å². The lowest BCUT2D eigenvalue weighted by Crippen LogP contribution is -1.95. The fourth-order valence-corrected chi connectivity index (χ4v) is 1.54. The van der Waals surface area contributed by atoms with Crippen LogP contribution < -0.4 is 10.5 Å². The van der Waals surface area contributed by atoms with Crippen molar-refractivity contribution in [2.24, 2.45) is 0 Å². The van der Waals surface area contributed by atoms with Crippen LogP contribution in [0.1, 0.15) is 0 Å². The maximum absolute atomic E-state index is 12.9. The van der Waals surface area contributed by atoms with E-state index in [0.29, 0.717) is 17.1 Å². The van der Waals surface area contributed by atoms with Gasteiger partial charge in [0.05, 0.1) is 7.11 Å². The molecule has 0 radical (unpaired) electrons. The summed E-state index contributed by atoms with van der Waals surface area (Å²) in [6, 6.07) is 7.86. The normalized spacial score (nSPS) is 10.1. The predicted octanol–water partition coefficient (Wildman–Crippen LogP) is 2.48. The molecule has 0 atom stereocenters. The maximum atomic E-state index is 12.9. The molecule has 1 heterocycles. The van der Waals surface area contributed by atoms with Crippen LogP contribution in [-0.2, 0) is 0 Å². The number of benzene rings is 1. The molecule has 2 N–H and O–H groups in total. The Kier molecular flexibility index (Phi) is 2.72. The molecule has 2 aromatic rings. The van der Waals surface area contributed by atoms with Gasteiger partial charge in [0.1, 0.15) is 5.82 Å². The van der Waals surface area contributed by atoms with Crippen LogP contribution in [0.5, 0.6) is 5.88 Å². The van der Waals surface area contributed by atoms with Crippen LogP contribution in [0.3, 0.4) is 0 Å². The standard InChI is InChI=1S/C12H11FN2O/c1-16-12-10(3-2-6-15-12)9-5-4-8(13)7-11(9)14/h2-7H,14H2,1H3. The largest absolute Gasteiger partial charge is 0.481 e. The highest BCUT2D eigenvalue weighted by Gasteiger charge is 2.09. The van der Waals surface area contributed by atoms with Gasteiger partial charge in [0.15, 0.2) is 0 Å². The average Bonchev–Trinajstić information content (AvgIpc) is 2.29. The Morgan fingerprint density at radius 2 is 2.06 bits per heavy atom. The molecule has 1 aromatic heterocycles. The monoisotopic (exact) mass is 218 g/mol. The summed E-state index contributed by atoms with van der Waals surface area (Å²) in [6.45, 7) is 0. The van der Waals surface area contributed by atoms with Gasteiger partial charge in [0, 0.05) is 23.0 Å². The number of halogens is 1. The zero-order chi connectivity index (χ0) is 11.5. The number of aromatic nitrogens is 1. The third-order valence-corrected chi connectivity index (χ3v) is 2.27. The molecule has 0 unspecified atom stereocenters. The molecular weight excluding hydrogens is 207 g/mol. The summed E-state index contributed by atoms with van der Waals surface area (Å²) < 4.78 is 18.0. The third-order valence-electron chi connectivity index (χ3n) is 2.27. The van der Waals surface area contributed by atoms with Crippen molar-refractivity contribution in [2.75, 3.05) is 12.8 Å². The predicted molar refractivity (Wildman–Crippen MR) is 60.6 cm³/mol. The number of methoxy groups -OCH3 is 1. The van der Waals surface area contributed by atoms with E-state index in [0.717, 1.165) is 5.56 Å². The molecule has 0 fully saturated rings. The first kappa shape index (κ1) is 10.4. The van der Waals surface area contributed by atoms with Crippen LogP contribution in [-0.4, -0.2) is 12.1 Å². The number of hydrogen-bond acceptors (Lipinski definition) is 3. The van der Waals surface area contributed by atoms with Gasteiger partial charge in [-0.15, -0.1) is 0 Å². The van der Waals surface area contributed by atoms with Crippen LogP contribution >= 0.6 is 0 Å². The van der Waals surface area contributed by atoms with Crippen LogP contribution in [0.4, 0.5) is 10.1 Å². The summed E-state index contributed by atoms with van der Waals surface area (Å²) in [4.78, 5) is 4.07. The van der Waals surface area contributed by atoms with E-state index < -0.39 is 0 Å². The van der Waals surface area contributed by atoms with Gasteiger partial charge >= 0.3 is 0 Å². The van der Waals surface area contributed by atoms with E-state index in [2.05, 4.69) is 4.98 Å². The summed E-state index contributed by atoms with van der Waals surface area (Å²) in [5, 5.41) is 0. The minimum absolute atomic E-state index is 0.357. The lowest BCUT2D eigenvalue weighted by atomic mass is 10.1. The minimum Gasteiger partial charge on any atom is -0.481 e. The Morgan fingerprint density at radius 3 is 2.75 bits per heavy atom. The molecule has 0 bridgehead atoms. The average molecular weight is 218 g/mol. The van der Waals surface area contributed by atoms with Gasteiger partial charge in [-0.3, -0.25) is 0 Å². The molecule has 0 saturated heterocycles. The lowest BCUT2D eigenvalue weighted by Gasteiger charge is -2.09. The number of nitrogens with zero attached hydrogens (tertiary/aromatic N) is 1. The van der Waals surface area contributed by atoms with Crippen molar-refractivity contribution in [1.82, 2.24) is 4.98 Å². The number of pyridine rings is 1. The van der Waals surface area contributed by atoms with Gasteiger partial charge in [-0.25, -0.2) is 9.37 Å². The van der Waals surface area contributed by atoms with Crippen molar-refractivity contribution in [3.63, 3.8) is 0 Å². The summed E-state index contributed by atoms with van der Waals surface area (Å²) in [7, 11) is 1.53. The van der Waals surface area contributed by atoms with E-state index in [1.807, 2.05) is 6.07 Å². The highest BCUT2D eigenvalue weighted by molar-refractivity contribution is 5.79. The van der Waals surface area contributed by atoms with Crippen molar-refractivity contribution in [3.8, 4) is 17.0 Å². The first-order valence-electron chi connectivity index (χ1n) is 4.77.